The van der Waals surface area contributed by atoms with Crippen LogP contribution in [0.4, 0.5) is 5.69 Å². The van der Waals surface area contributed by atoms with E-state index in [9.17, 15) is 9.59 Å². The number of nitrogen functional groups attached to an aromatic ring is 1. The minimum atomic E-state index is 0.127. The Bertz CT molecular complexity index is 476. The molecule has 2 N–H and O–H groups in total. The number of nitrogens with two attached hydrogens (primary N) is 1. The van der Waals surface area contributed by atoms with E-state index in [1.165, 1.54) is 0 Å². The fraction of sp³-hybridized carbons (Fsp3) is 0.467. The van der Waals surface area contributed by atoms with E-state index in [2.05, 4.69) is 4.90 Å². The molecule has 1 aliphatic rings. The van der Waals surface area contributed by atoms with Crippen molar-refractivity contribution in [2.24, 2.45) is 0 Å². The topological polar surface area (TPSA) is 66.6 Å². The summed E-state index contributed by atoms with van der Waals surface area (Å²) in [5, 5.41) is 0. The molecule has 0 aliphatic carbocycles. The van der Waals surface area contributed by atoms with Gasteiger partial charge >= 0.3 is 0 Å². The highest BCUT2D eigenvalue weighted by molar-refractivity contribution is 5.96. The van der Waals surface area contributed by atoms with Crippen molar-refractivity contribution in [3.05, 3.63) is 29.8 Å². The van der Waals surface area contributed by atoms with Crippen molar-refractivity contribution >= 4 is 17.4 Å². The summed E-state index contributed by atoms with van der Waals surface area (Å²) in [4.78, 5) is 27.3. The maximum absolute atomic E-state index is 12.0. The Labute approximate surface area is 119 Å². The lowest BCUT2D eigenvalue weighted by atomic mass is 10.1. The van der Waals surface area contributed by atoms with Gasteiger partial charge < -0.3 is 10.6 Å². The summed E-state index contributed by atoms with van der Waals surface area (Å²) >= 11 is 0. The fourth-order valence-corrected chi connectivity index (χ4v) is 2.36. The highest BCUT2D eigenvalue weighted by Crippen LogP contribution is 2.09. The van der Waals surface area contributed by atoms with Gasteiger partial charge in [-0.3, -0.25) is 14.5 Å². The largest absolute Gasteiger partial charge is 0.399 e. The Morgan fingerprint density at radius 3 is 2.25 bits per heavy atom. The van der Waals surface area contributed by atoms with Gasteiger partial charge in [-0.2, -0.15) is 0 Å². The number of amides is 1. The third kappa shape index (κ3) is 3.81. The normalized spacial score (nSPS) is 16.1. The van der Waals surface area contributed by atoms with Crippen molar-refractivity contribution in [1.29, 1.82) is 0 Å². The van der Waals surface area contributed by atoms with Gasteiger partial charge in [0.25, 0.3) is 0 Å². The average molecular weight is 275 g/mol. The molecule has 1 aliphatic heterocycles. The van der Waals surface area contributed by atoms with Crippen molar-refractivity contribution in [1.82, 2.24) is 9.80 Å². The maximum Gasteiger partial charge on any atom is 0.219 e. The van der Waals surface area contributed by atoms with Gasteiger partial charge in [-0.1, -0.05) is 0 Å². The molecule has 0 unspecified atom stereocenters. The summed E-state index contributed by atoms with van der Waals surface area (Å²) in [6, 6.07) is 7.04. The predicted molar refractivity (Wildman–Crippen MR) is 78.5 cm³/mol. The fourth-order valence-electron chi connectivity index (χ4n) is 2.36. The molecular formula is C15H21N3O2. The van der Waals surface area contributed by atoms with Gasteiger partial charge in [0.1, 0.15) is 0 Å². The molecular weight excluding hydrogens is 254 g/mol. The molecule has 2 rings (SSSR count). The van der Waals surface area contributed by atoms with Crippen LogP contribution in [-0.4, -0.2) is 54.2 Å². The number of anilines is 1. The van der Waals surface area contributed by atoms with Crippen LogP contribution in [0.2, 0.25) is 0 Å². The van der Waals surface area contributed by atoms with Crippen LogP contribution >= 0.6 is 0 Å². The van der Waals surface area contributed by atoms with Crippen LogP contribution in [0.25, 0.3) is 0 Å². The standard InChI is InChI=1S/C15H21N3O2/c1-12(19)18-10-8-17(9-11-18)7-6-15(20)13-2-4-14(16)5-3-13/h2-5H,6-11,16H2,1H3. The van der Waals surface area contributed by atoms with Crippen molar-refractivity contribution < 1.29 is 9.59 Å². The number of benzene rings is 1. The first-order valence-corrected chi connectivity index (χ1v) is 6.93. The summed E-state index contributed by atoms with van der Waals surface area (Å²) in [7, 11) is 0. The number of nitrogens with zero attached hydrogens (tertiary/aromatic N) is 2. The van der Waals surface area contributed by atoms with Gasteiger partial charge in [-0.15, -0.1) is 0 Å². The van der Waals surface area contributed by atoms with Crippen LogP contribution in [0.15, 0.2) is 24.3 Å². The first kappa shape index (κ1) is 14.5. The van der Waals surface area contributed by atoms with Crippen LogP contribution in [0.5, 0.6) is 0 Å². The molecule has 108 valence electrons. The van der Waals surface area contributed by atoms with E-state index in [1.54, 1.807) is 31.2 Å². The van der Waals surface area contributed by atoms with E-state index in [-0.39, 0.29) is 11.7 Å². The van der Waals surface area contributed by atoms with Crippen LogP contribution in [0.3, 0.4) is 0 Å². The Morgan fingerprint density at radius 2 is 1.70 bits per heavy atom. The second kappa shape index (κ2) is 6.52. The van der Waals surface area contributed by atoms with Crippen LogP contribution in [-0.2, 0) is 4.79 Å². The van der Waals surface area contributed by atoms with Crippen molar-refractivity contribution in [2.45, 2.75) is 13.3 Å². The lowest BCUT2D eigenvalue weighted by Gasteiger charge is -2.34. The van der Waals surface area contributed by atoms with Crippen LogP contribution in [0.1, 0.15) is 23.7 Å². The summed E-state index contributed by atoms with van der Waals surface area (Å²) in [6.45, 7) is 5.54. The minimum absolute atomic E-state index is 0.127. The Hall–Kier alpha value is -1.88. The molecule has 20 heavy (non-hydrogen) atoms. The number of carbonyl (C=O) groups excluding carboxylic acids is 2. The van der Waals surface area contributed by atoms with Gasteiger partial charge in [0.15, 0.2) is 5.78 Å². The summed E-state index contributed by atoms with van der Waals surface area (Å²) < 4.78 is 0. The molecule has 0 radical (unpaired) electrons. The number of rotatable bonds is 4. The average Bonchev–Trinajstić information content (AvgIpc) is 2.46. The number of carbonyl (C=O) groups is 2. The number of ketones is 1. The zero-order valence-corrected chi connectivity index (χ0v) is 11.8. The van der Waals surface area contributed by atoms with E-state index in [0.29, 0.717) is 17.7 Å². The van der Waals surface area contributed by atoms with Gasteiger partial charge in [0.2, 0.25) is 5.91 Å². The van der Waals surface area contributed by atoms with Crippen LogP contribution < -0.4 is 5.73 Å². The summed E-state index contributed by atoms with van der Waals surface area (Å²) in [5.41, 5.74) is 6.98. The molecule has 0 bridgehead atoms. The zero-order chi connectivity index (χ0) is 14.5. The molecule has 1 saturated heterocycles. The van der Waals surface area contributed by atoms with E-state index in [4.69, 9.17) is 5.73 Å². The Kier molecular flexibility index (Phi) is 4.74. The summed E-state index contributed by atoms with van der Waals surface area (Å²) in [5.74, 6) is 0.265. The third-order valence-corrected chi connectivity index (χ3v) is 3.71. The molecule has 0 atom stereocenters. The first-order chi connectivity index (χ1) is 9.56. The Morgan fingerprint density at radius 1 is 1.10 bits per heavy atom. The molecule has 1 amide bonds. The highest BCUT2D eigenvalue weighted by Gasteiger charge is 2.19. The Balaban J connectivity index is 1.77. The molecule has 5 heteroatoms. The van der Waals surface area contributed by atoms with E-state index in [0.717, 1.165) is 32.7 Å². The van der Waals surface area contributed by atoms with E-state index >= 15 is 0 Å². The SMILES string of the molecule is CC(=O)N1CCN(CCC(=O)c2ccc(N)cc2)CC1. The summed E-state index contributed by atoms with van der Waals surface area (Å²) in [6.07, 6.45) is 0.504. The minimum Gasteiger partial charge on any atom is -0.399 e. The second-order valence-corrected chi connectivity index (χ2v) is 5.14. The molecule has 0 spiro atoms. The molecule has 1 aromatic carbocycles. The first-order valence-electron chi connectivity index (χ1n) is 6.93. The monoisotopic (exact) mass is 275 g/mol. The van der Waals surface area contributed by atoms with Crippen LogP contribution in [0, 0.1) is 0 Å². The molecule has 1 fully saturated rings. The van der Waals surface area contributed by atoms with Gasteiger partial charge in [-0.05, 0) is 24.3 Å². The van der Waals surface area contributed by atoms with E-state index in [1.807, 2.05) is 4.90 Å². The lowest BCUT2D eigenvalue weighted by molar-refractivity contribution is -0.130. The number of hydrogen-bond donors (Lipinski definition) is 1. The maximum atomic E-state index is 12.0. The third-order valence-electron chi connectivity index (χ3n) is 3.71. The molecule has 0 aromatic heterocycles. The van der Waals surface area contributed by atoms with Crippen molar-refractivity contribution in [2.75, 3.05) is 38.5 Å². The number of piperazine rings is 1. The molecule has 5 nitrogen and oxygen atoms in total. The molecule has 1 aromatic rings. The van der Waals surface area contributed by atoms with Gasteiger partial charge in [0.05, 0.1) is 0 Å². The number of hydrogen-bond acceptors (Lipinski definition) is 4. The predicted octanol–water partition coefficient (Wildman–Crippen LogP) is 1.01. The molecule has 1 heterocycles. The number of Topliss-reactive ketones (excluding diaryl/α,β-unsaturated/α-hetero) is 1. The smallest absolute Gasteiger partial charge is 0.219 e. The van der Waals surface area contributed by atoms with Crippen molar-refractivity contribution in [3.63, 3.8) is 0 Å². The lowest BCUT2D eigenvalue weighted by Crippen LogP contribution is -2.48. The second-order valence-electron chi connectivity index (χ2n) is 5.14. The highest BCUT2D eigenvalue weighted by atomic mass is 16.2. The molecule has 0 saturated carbocycles. The van der Waals surface area contributed by atoms with Gasteiger partial charge in [0, 0.05) is 57.3 Å². The van der Waals surface area contributed by atoms with Crippen molar-refractivity contribution in [3.8, 4) is 0 Å². The quantitative estimate of drug-likeness (QED) is 0.658. The van der Waals surface area contributed by atoms with E-state index < -0.39 is 0 Å². The van der Waals surface area contributed by atoms with Gasteiger partial charge in [-0.25, -0.2) is 0 Å². The zero-order valence-electron chi connectivity index (χ0n) is 11.8.